The zero-order chi connectivity index (χ0) is 21.0. The molecule has 4 heteroatoms. The molecule has 0 saturated heterocycles. The summed E-state index contributed by atoms with van der Waals surface area (Å²) in [6.07, 6.45) is 5.35. The van der Waals surface area contributed by atoms with E-state index in [9.17, 15) is 9.90 Å². The minimum absolute atomic E-state index is 0.0171. The van der Waals surface area contributed by atoms with Gasteiger partial charge in [-0.2, -0.15) is 0 Å². The molecule has 3 fully saturated rings. The highest BCUT2D eigenvalue weighted by atomic mass is 35.5. The van der Waals surface area contributed by atoms with Gasteiger partial charge in [0.15, 0.2) is 5.78 Å². The molecule has 0 aromatic heterocycles. The monoisotopic (exact) mass is 422 g/mol. The lowest BCUT2D eigenvalue weighted by Gasteiger charge is -2.44. The van der Waals surface area contributed by atoms with Crippen LogP contribution < -0.4 is 4.74 Å². The van der Waals surface area contributed by atoms with Crippen molar-refractivity contribution in [2.45, 2.75) is 39.0 Å². The Morgan fingerprint density at radius 3 is 2.27 bits per heavy atom. The van der Waals surface area contributed by atoms with Crippen LogP contribution in [-0.4, -0.2) is 18.0 Å². The molecule has 2 bridgehead atoms. The number of halogens is 1. The Hall–Kier alpha value is -2.26. The van der Waals surface area contributed by atoms with Gasteiger partial charge in [0.2, 0.25) is 0 Å². The van der Waals surface area contributed by atoms with Gasteiger partial charge in [0.25, 0.3) is 0 Å². The predicted molar refractivity (Wildman–Crippen MR) is 120 cm³/mol. The first kappa shape index (κ1) is 19.7. The van der Waals surface area contributed by atoms with E-state index in [0.717, 1.165) is 54.4 Å². The predicted octanol–water partition coefficient (Wildman–Crippen LogP) is 6.48. The highest BCUT2D eigenvalue weighted by Crippen LogP contribution is 2.57. The Bertz CT molecular complexity index is 1050. The van der Waals surface area contributed by atoms with Crippen LogP contribution in [-0.2, 0) is 11.2 Å². The fourth-order valence-electron chi connectivity index (χ4n) is 6.09. The van der Waals surface area contributed by atoms with Crippen LogP contribution in [0.4, 0.5) is 0 Å². The zero-order valence-corrected chi connectivity index (χ0v) is 18.2. The van der Waals surface area contributed by atoms with Gasteiger partial charge in [-0.05, 0) is 84.4 Å². The Morgan fingerprint density at radius 2 is 1.63 bits per heavy atom. The normalized spacial score (nSPS) is 27.5. The Morgan fingerprint density at radius 1 is 1.00 bits per heavy atom. The summed E-state index contributed by atoms with van der Waals surface area (Å²) < 4.78 is 5.38. The SMILES string of the molecule is CCc1ccc(-c2ccc(Cl)c(OC)c2)cc1C1=C(O)[C@H]2[C@H]3CC[C@H](CC3)[C@H]2C1=O. The lowest BCUT2D eigenvalue weighted by Crippen LogP contribution is -2.41. The molecule has 2 atom stereocenters. The lowest BCUT2D eigenvalue weighted by atomic mass is 9.59. The maximum absolute atomic E-state index is 13.5. The van der Waals surface area contributed by atoms with E-state index in [1.165, 1.54) is 0 Å². The molecule has 4 aliphatic rings. The first-order valence-corrected chi connectivity index (χ1v) is 11.4. The van der Waals surface area contributed by atoms with Crippen molar-refractivity contribution in [3.05, 3.63) is 58.3 Å². The number of ketones is 1. The van der Waals surface area contributed by atoms with E-state index in [1.54, 1.807) is 7.11 Å². The Balaban J connectivity index is 1.62. The number of hydrogen-bond donors (Lipinski definition) is 1. The van der Waals surface area contributed by atoms with Crippen LogP contribution in [0.3, 0.4) is 0 Å². The van der Waals surface area contributed by atoms with E-state index in [2.05, 4.69) is 25.1 Å². The van der Waals surface area contributed by atoms with E-state index in [4.69, 9.17) is 16.3 Å². The molecule has 30 heavy (non-hydrogen) atoms. The van der Waals surface area contributed by atoms with Gasteiger partial charge in [-0.1, -0.05) is 36.7 Å². The topological polar surface area (TPSA) is 46.5 Å². The van der Waals surface area contributed by atoms with Crippen LogP contribution in [0.5, 0.6) is 5.75 Å². The number of aryl methyl sites for hydroxylation is 1. The average molecular weight is 423 g/mol. The number of carbonyl (C=O) groups is 1. The minimum Gasteiger partial charge on any atom is -0.511 e. The van der Waals surface area contributed by atoms with Crippen molar-refractivity contribution in [1.82, 2.24) is 0 Å². The number of hydrogen-bond acceptors (Lipinski definition) is 3. The average Bonchev–Trinajstić information content (AvgIpc) is 3.07. The molecule has 0 spiro atoms. The molecule has 4 aliphatic carbocycles. The lowest BCUT2D eigenvalue weighted by molar-refractivity contribution is -0.123. The fraction of sp³-hybridized carbons (Fsp3) is 0.423. The largest absolute Gasteiger partial charge is 0.511 e. The van der Waals surface area contributed by atoms with Gasteiger partial charge in [0.05, 0.1) is 17.7 Å². The molecule has 2 aromatic rings. The van der Waals surface area contributed by atoms with Crippen molar-refractivity contribution in [2.24, 2.45) is 23.7 Å². The molecule has 2 aromatic carbocycles. The van der Waals surface area contributed by atoms with Gasteiger partial charge < -0.3 is 9.84 Å². The summed E-state index contributed by atoms with van der Waals surface area (Å²) in [5.41, 5.74) is 4.52. The van der Waals surface area contributed by atoms with E-state index in [1.807, 2.05) is 18.2 Å². The molecule has 0 heterocycles. The highest BCUT2D eigenvalue weighted by molar-refractivity contribution is 6.32. The second kappa shape index (κ2) is 7.46. The van der Waals surface area contributed by atoms with Crippen molar-refractivity contribution < 1.29 is 14.6 Å². The van der Waals surface area contributed by atoms with Gasteiger partial charge in [-0.15, -0.1) is 0 Å². The summed E-state index contributed by atoms with van der Waals surface area (Å²) in [7, 11) is 1.60. The quantitative estimate of drug-likeness (QED) is 0.613. The van der Waals surface area contributed by atoms with Crippen LogP contribution in [0.1, 0.15) is 43.7 Å². The summed E-state index contributed by atoms with van der Waals surface area (Å²) in [6.45, 7) is 2.09. The number of aliphatic hydroxyl groups is 1. The van der Waals surface area contributed by atoms with E-state index < -0.39 is 0 Å². The highest BCUT2D eigenvalue weighted by Gasteiger charge is 2.54. The summed E-state index contributed by atoms with van der Waals surface area (Å²) in [6, 6.07) is 11.9. The number of benzene rings is 2. The zero-order valence-electron chi connectivity index (χ0n) is 17.5. The number of carbonyl (C=O) groups excluding carboxylic acids is 1. The fourth-order valence-corrected chi connectivity index (χ4v) is 6.28. The minimum atomic E-state index is -0.0171. The van der Waals surface area contributed by atoms with Gasteiger partial charge in [0.1, 0.15) is 11.5 Å². The summed E-state index contributed by atoms with van der Waals surface area (Å²) in [5.74, 6) is 2.03. The first-order valence-electron chi connectivity index (χ1n) is 11.0. The molecular weight excluding hydrogens is 396 g/mol. The summed E-state index contributed by atoms with van der Waals surface area (Å²) in [4.78, 5) is 13.5. The number of Topliss-reactive ketones (excluding diaryl/α,β-unsaturated/α-hetero) is 1. The van der Waals surface area contributed by atoms with Crippen molar-refractivity contribution >= 4 is 23.0 Å². The summed E-state index contributed by atoms with van der Waals surface area (Å²) >= 11 is 6.20. The molecule has 3 nitrogen and oxygen atoms in total. The van der Waals surface area contributed by atoms with Crippen molar-refractivity contribution in [1.29, 1.82) is 0 Å². The van der Waals surface area contributed by atoms with Gasteiger partial charge in [-0.25, -0.2) is 0 Å². The molecule has 0 unspecified atom stereocenters. The van der Waals surface area contributed by atoms with Crippen molar-refractivity contribution in [2.75, 3.05) is 7.11 Å². The second-order valence-corrected chi connectivity index (χ2v) is 9.33. The van der Waals surface area contributed by atoms with Gasteiger partial charge in [0, 0.05) is 11.8 Å². The van der Waals surface area contributed by atoms with Crippen LogP contribution in [0.2, 0.25) is 5.02 Å². The van der Waals surface area contributed by atoms with Crippen LogP contribution in [0.15, 0.2) is 42.2 Å². The Labute approximate surface area is 182 Å². The Kier molecular flexibility index (Phi) is 4.89. The molecule has 0 amide bonds. The van der Waals surface area contributed by atoms with Gasteiger partial charge in [-0.3, -0.25) is 4.79 Å². The maximum atomic E-state index is 13.5. The number of rotatable bonds is 4. The molecule has 0 aliphatic heterocycles. The van der Waals surface area contributed by atoms with Crippen molar-refractivity contribution in [3.63, 3.8) is 0 Å². The van der Waals surface area contributed by atoms with Gasteiger partial charge >= 0.3 is 0 Å². The molecule has 3 saturated carbocycles. The molecule has 0 radical (unpaired) electrons. The summed E-state index contributed by atoms with van der Waals surface area (Å²) in [5, 5.41) is 11.8. The first-order chi connectivity index (χ1) is 14.5. The van der Waals surface area contributed by atoms with E-state index in [-0.39, 0.29) is 17.6 Å². The molecule has 6 rings (SSSR count). The number of allylic oxidation sites excluding steroid dienone is 2. The smallest absolute Gasteiger partial charge is 0.170 e. The number of ether oxygens (including phenoxy) is 1. The molecule has 1 N–H and O–H groups in total. The van der Waals surface area contributed by atoms with Crippen LogP contribution in [0, 0.1) is 23.7 Å². The van der Waals surface area contributed by atoms with E-state index >= 15 is 0 Å². The number of aliphatic hydroxyl groups excluding tert-OH is 1. The third kappa shape index (κ3) is 2.90. The standard InChI is InChI=1S/C26H27ClO3/c1-3-14-4-9-17(18-10-11-20(27)21(13-18)30-2)12-19(14)24-25(28)22-15-5-6-16(8-7-15)23(22)26(24)29/h4,9-13,15-16,22-23,28H,3,5-8H2,1-2H3/t15-,16+,22-,23+/m0/s1. The maximum Gasteiger partial charge on any atom is 0.170 e. The number of fused-ring (bicyclic) bond motifs is 2. The van der Waals surface area contributed by atoms with E-state index in [0.29, 0.717) is 33.9 Å². The van der Waals surface area contributed by atoms with Crippen molar-refractivity contribution in [3.8, 4) is 16.9 Å². The number of methoxy groups -OCH3 is 1. The molecule has 156 valence electrons. The van der Waals surface area contributed by atoms with Crippen LogP contribution in [0.25, 0.3) is 16.7 Å². The molecular formula is C26H27ClO3. The third-order valence-corrected chi connectivity index (χ3v) is 7.90. The van der Waals surface area contributed by atoms with Crippen LogP contribution >= 0.6 is 11.6 Å². The second-order valence-electron chi connectivity index (χ2n) is 8.93. The third-order valence-electron chi connectivity index (χ3n) is 7.58.